The van der Waals surface area contributed by atoms with Crippen LogP contribution >= 0.6 is 46.4 Å². The third kappa shape index (κ3) is 26.8. The lowest BCUT2D eigenvalue weighted by Crippen LogP contribution is -2.19. The molecule has 30 nitrogen and oxygen atoms in total. The second-order valence-corrected chi connectivity index (χ2v) is 29.3. The smallest absolute Gasteiger partial charge is 0.352 e. The minimum absolute atomic E-state index is 0.00324. The summed E-state index contributed by atoms with van der Waals surface area (Å²) in [6, 6.07) is 57.0. The molecule has 0 radical (unpaired) electrons. The number of ketones is 1. The third-order valence-corrected chi connectivity index (χ3v) is 19.5. The highest BCUT2D eigenvalue weighted by molar-refractivity contribution is 6.29. The molecule has 0 N–H and O–H groups in total. The van der Waals surface area contributed by atoms with E-state index in [1.165, 1.54) is 81.6 Å². The third-order valence-electron chi connectivity index (χ3n) is 18.4. The number of carbonyl (C=O) groups is 8. The van der Waals surface area contributed by atoms with Crippen molar-refractivity contribution >= 4 is 171 Å². The number of aryl methyl sites for hydroxylation is 3. The van der Waals surface area contributed by atoms with Gasteiger partial charge in [0.05, 0.1) is 26.9 Å². The van der Waals surface area contributed by atoms with Gasteiger partial charge in [-0.2, -0.15) is 0 Å². The number of benzene rings is 8. The van der Waals surface area contributed by atoms with Crippen LogP contribution in [0.4, 0.5) is 4.39 Å². The number of aromatic nitrogens is 1. The fraction of sp³-hybridized carbons (Fsp3) is 0.163. The molecule has 682 valence electrons. The van der Waals surface area contributed by atoms with Crippen molar-refractivity contribution in [3.63, 3.8) is 0 Å². The molecule has 0 aliphatic carbocycles. The number of carbonyl (C=O) groups excluding carboxylic acids is 8. The summed E-state index contributed by atoms with van der Waals surface area (Å²) in [7, 11) is 1.21. The first-order valence-corrected chi connectivity index (χ1v) is 41.7. The second-order valence-electron chi connectivity index (χ2n) is 28.1. The zero-order chi connectivity index (χ0) is 96.4. The predicted octanol–water partition coefficient (Wildman–Crippen LogP) is 18.9. The Labute approximate surface area is 770 Å². The maximum Gasteiger partial charge on any atom is 0.352 e. The first kappa shape index (κ1) is 99.6. The van der Waals surface area contributed by atoms with Crippen LogP contribution in [-0.4, -0.2) is 79.5 Å². The summed E-state index contributed by atoms with van der Waals surface area (Å²) in [5, 5.41) is 4.67. The summed E-state index contributed by atoms with van der Waals surface area (Å²) in [6.45, 7) is 14.0. The van der Waals surface area contributed by atoms with Gasteiger partial charge in [0, 0.05) is 68.3 Å². The Kier molecular flexibility index (Phi) is 34.9. The number of rotatable bonds is 17. The zero-order valence-electron chi connectivity index (χ0n) is 71.8. The summed E-state index contributed by atoms with van der Waals surface area (Å²) in [6.07, 6.45) is 0. The standard InChI is InChI=1S/C17H11FO4.C16H9Cl2NO4.C15H14O6.C13H11ClO4.C13H12O4.C12H9ClO4.C12H10O3/c1-10-6-7-13(18)15(8-10)22-17(20)12-9-11-4-2-3-5-14(11)21-16(12)19;17-8-9-4-5-12-10(6-9)7-11(15(20)22-12)16(21)23-14-3-1-2-13(18)19-14;1-3-19-14(17)12-7-11-6-10(8-20-9(2)16)4-5-13(11)21-15(12)18;1-2-17-12(15)10-6-9-5-8(7-14)3-4-11(9)18-13(10)16;1-3-16-12(14)10-7-9-6-8(2)4-5-11(9)17-13(10)15;1-16-11(14)9-5-8-4-7(6-13)2-3-10(8)17-12(9)15;1-7-3-4-11-9(5-7)6-10(8(2)13)12(14)15-11/h2-9H,1H3;1-7H,8H2;4-7H,3,8H2,1-2H3;3-6H,2,7H2,1H3;4-7H,3H2,1-2H3;2-5H,6H2,1H3;3-6H,1-2H3. The number of hydrogen-bond donors (Lipinski definition) is 0. The van der Waals surface area contributed by atoms with E-state index in [0.717, 1.165) is 44.3 Å². The van der Waals surface area contributed by atoms with Gasteiger partial charge in [-0.15, -0.1) is 34.8 Å². The molecule has 133 heavy (non-hydrogen) atoms. The fourth-order valence-electron chi connectivity index (χ4n) is 12.0. The van der Waals surface area contributed by atoms with E-state index in [9.17, 15) is 76.3 Å². The molecule has 0 saturated carbocycles. The molecule has 16 rings (SSSR count). The van der Waals surface area contributed by atoms with Crippen molar-refractivity contribution in [2.24, 2.45) is 0 Å². The van der Waals surface area contributed by atoms with Gasteiger partial charge in [0.25, 0.3) is 0 Å². The summed E-state index contributed by atoms with van der Waals surface area (Å²) in [5.74, 6) is -5.14. The topological polar surface area (TPSA) is 426 Å². The predicted molar refractivity (Wildman–Crippen MR) is 491 cm³/mol. The quantitative estimate of drug-likeness (QED) is 0.0155. The van der Waals surface area contributed by atoms with Gasteiger partial charge in [0.15, 0.2) is 17.3 Å². The molecule has 8 aromatic heterocycles. The first-order chi connectivity index (χ1) is 63.6. The normalized spacial score (nSPS) is 10.5. The van der Waals surface area contributed by atoms with Crippen LogP contribution in [0.5, 0.6) is 11.6 Å². The molecule has 16 aromatic rings. The van der Waals surface area contributed by atoms with E-state index in [-0.39, 0.29) is 93.9 Å². The maximum atomic E-state index is 13.6. The van der Waals surface area contributed by atoms with Gasteiger partial charge in [0.2, 0.25) is 5.88 Å². The van der Waals surface area contributed by atoms with Gasteiger partial charge < -0.3 is 64.1 Å². The van der Waals surface area contributed by atoms with E-state index in [2.05, 4.69) is 9.72 Å². The van der Waals surface area contributed by atoms with Gasteiger partial charge in [-0.05, 0) is 216 Å². The highest BCUT2D eigenvalue weighted by atomic mass is 35.5. The summed E-state index contributed by atoms with van der Waals surface area (Å²) < 4.78 is 82.8. The van der Waals surface area contributed by atoms with E-state index >= 15 is 0 Å². The number of esters is 7. The molecule has 0 unspecified atom stereocenters. The van der Waals surface area contributed by atoms with E-state index in [0.29, 0.717) is 89.0 Å². The first-order valence-electron chi connectivity index (χ1n) is 39.8. The Hall–Kier alpha value is -15.6. The van der Waals surface area contributed by atoms with Gasteiger partial charge in [-0.3, -0.25) is 9.59 Å². The summed E-state index contributed by atoms with van der Waals surface area (Å²) >= 11 is 22.9. The Morgan fingerprint density at radius 1 is 0.331 bits per heavy atom. The molecule has 0 saturated heterocycles. The number of alkyl halides is 3. The molecule has 0 amide bonds. The van der Waals surface area contributed by atoms with E-state index in [1.807, 2.05) is 38.1 Å². The minimum Gasteiger partial charge on any atom is -0.465 e. The zero-order valence-corrected chi connectivity index (χ0v) is 74.9. The second kappa shape index (κ2) is 46.6. The number of fused-ring (bicyclic) bond motifs is 7. The lowest BCUT2D eigenvalue weighted by atomic mass is 10.1. The number of hydrogen-bond acceptors (Lipinski definition) is 30. The van der Waals surface area contributed by atoms with Crippen molar-refractivity contribution < 1.29 is 107 Å². The molecule has 8 heterocycles. The number of pyridine rings is 1. The van der Waals surface area contributed by atoms with Crippen LogP contribution in [0.1, 0.15) is 146 Å². The van der Waals surface area contributed by atoms with Crippen LogP contribution in [0.3, 0.4) is 0 Å². The molecule has 35 heteroatoms. The van der Waals surface area contributed by atoms with Crippen molar-refractivity contribution in [2.45, 2.75) is 79.6 Å². The van der Waals surface area contributed by atoms with Crippen molar-refractivity contribution in [2.75, 3.05) is 26.9 Å². The molecule has 8 aromatic carbocycles. The van der Waals surface area contributed by atoms with E-state index in [1.54, 1.807) is 155 Å². The van der Waals surface area contributed by atoms with E-state index < -0.39 is 81.0 Å². The summed E-state index contributed by atoms with van der Waals surface area (Å²) in [5.41, 5.74) is 3.19. The molecule has 0 aliphatic rings. The Morgan fingerprint density at radius 3 is 1.02 bits per heavy atom. The molecular formula is C98H76Cl4FNO29. The van der Waals surface area contributed by atoms with Crippen LogP contribution in [-0.2, 0) is 52.7 Å². The lowest BCUT2D eigenvalue weighted by molar-refractivity contribution is -0.142. The molecule has 0 bridgehead atoms. The monoisotopic (exact) mass is 1890 g/mol. The number of methoxy groups -OCH3 is 1. The lowest BCUT2D eigenvalue weighted by Gasteiger charge is -2.06. The average molecular weight is 1890 g/mol. The van der Waals surface area contributed by atoms with Crippen LogP contribution in [0.2, 0.25) is 5.15 Å². The van der Waals surface area contributed by atoms with Crippen LogP contribution in [0.25, 0.3) is 76.8 Å². The number of nitrogens with zero attached hydrogens (tertiary/aromatic N) is 1. The molecular weight excluding hydrogens is 1820 g/mol. The van der Waals surface area contributed by atoms with Gasteiger partial charge >= 0.3 is 81.2 Å². The van der Waals surface area contributed by atoms with Crippen molar-refractivity contribution in [3.05, 3.63) is 374 Å². The Balaban J connectivity index is 0.000000162. The summed E-state index contributed by atoms with van der Waals surface area (Å²) in [4.78, 5) is 178. The number of para-hydroxylation sites is 1. The number of Topliss-reactive ketones (excluding diaryl/α,β-unsaturated/α-hetero) is 1. The number of ether oxygens (including phenoxy) is 7. The molecule has 0 atom stereocenters. The van der Waals surface area contributed by atoms with Crippen LogP contribution < -0.4 is 48.9 Å². The van der Waals surface area contributed by atoms with Crippen LogP contribution in [0.15, 0.2) is 277 Å². The molecule has 0 fully saturated rings. The maximum absolute atomic E-state index is 13.6. The highest BCUT2D eigenvalue weighted by Gasteiger charge is 2.23. The van der Waals surface area contributed by atoms with Crippen molar-refractivity contribution in [1.82, 2.24) is 4.98 Å². The largest absolute Gasteiger partial charge is 0.465 e. The van der Waals surface area contributed by atoms with E-state index in [4.69, 9.17) is 106 Å². The Morgan fingerprint density at radius 2 is 0.647 bits per heavy atom. The van der Waals surface area contributed by atoms with Crippen molar-refractivity contribution in [3.8, 4) is 11.6 Å². The fourth-order valence-corrected chi connectivity index (χ4v) is 12.7. The SMILES string of the molecule is CC(=O)c1cc2cc(C)ccc2oc1=O.CCOC(=O)c1cc2cc(C)ccc2oc1=O.CCOC(=O)c1cc2cc(CCl)ccc2oc1=O.CCOC(=O)c1cc2cc(COC(C)=O)ccc2oc1=O.COC(=O)c1cc2cc(CCl)ccc2oc1=O.Cc1ccc(F)c(OC(=O)c2cc3ccccc3oc2=O)c1.O=C(Oc1cccc(Cl)n1)c1cc2cc(CCl)ccc2oc1=O. The average Bonchev–Trinajstić information content (AvgIpc) is 0.830. The van der Waals surface area contributed by atoms with Gasteiger partial charge in [0.1, 0.15) is 89.8 Å². The van der Waals surface area contributed by atoms with Gasteiger partial charge in [-0.25, -0.2) is 71.7 Å². The highest BCUT2D eigenvalue weighted by Crippen LogP contribution is 2.26. The van der Waals surface area contributed by atoms with Crippen LogP contribution in [0, 0.1) is 26.6 Å². The number of halogens is 5. The molecule has 0 aliphatic heterocycles. The van der Waals surface area contributed by atoms with Crippen molar-refractivity contribution in [1.29, 1.82) is 0 Å². The molecule has 0 spiro atoms. The Bertz CT molecular complexity index is 7620. The minimum atomic E-state index is -0.955. The van der Waals surface area contributed by atoms with Gasteiger partial charge in [-0.1, -0.05) is 89.5 Å².